The number of halogens is 2. The second-order valence-corrected chi connectivity index (χ2v) is 7.57. The summed E-state index contributed by atoms with van der Waals surface area (Å²) >= 11 is 12.1. The van der Waals surface area contributed by atoms with E-state index >= 15 is 0 Å². The Hall–Kier alpha value is -2.04. The van der Waals surface area contributed by atoms with E-state index in [0.717, 1.165) is 16.7 Å². The number of likely N-dealkylation sites (N-methyl/N-ethyl adjacent to an activating group) is 1. The molecule has 6 heteroatoms. The molecule has 2 aromatic carbocycles. The molecule has 28 heavy (non-hydrogen) atoms. The summed E-state index contributed by atoms with van der Waals surface area (Å²) in [6, 6.07) is 12.6. The number of hydrogen-bond donors (Lipinski definition) is 1. The van der Waals surface area contributed by atoms with Crippen LogP contribution >= 0.6 is 23.2 Å². The molecule has 1 atom stereocenters. The van der Waals surface area contributed by atoms with Gasteiger partial charge in [-0.25, -0.2) is 0 Å². The van der Waals surface area contributed by atoms with Crippen molar-refractivity contribution in [1.29, 1.82) is 0 Å². The van der Waals surface area contributed by atoms with Crippen molar-refractivity contribution in [2.24, 2.45) is 0 Å². The molecule has 2 amide bonds. The van der Waals surface area contributed by atoms with Gasteiger partial charge in [-0.2, -0.15) is 0 Å². The van der Waals surface area contributed by atoms with Crippen LogP contribution in [0.1, 0.15) is 37.0 Å². The third kappa shape index (κ3) is 5.98. The summed E-state index contributed by atoms with van der Waals surface area (Å²) in [6.45, 7) is 6.69. The van der Waals surface area contributed by atoms with Gasteiger partial charge in [-0.15, -0.1) is 0 Å². The highest BCUT2D eigenvalue weighted by Crippen LogP contribution is 2.23. The minimum atomic E-state index is -0.531. The first-order valence-corrected chi connectivity index (χ1v) is 10.2. The lowest BCUT2D eigenvalue weighted by atomic mass is 10.1. The molecule has 0 aliphatic carbocycles. The molecule has 0 heterocycles. The lowest BCUT2D eigenvalue weighted by Crippen LogP contribution is -2.49. The van der Waals surface area contributed by atoms with Gasteiger partial charge in [-0.3, -0.25) is 9.59 Å². The quantitative estimate of drug-likeness (QED) is 0.667. The van der Waals surface area contributed by atoms with Crippen LogP contribution in [0.5, 0.6) is 0 Å². The van der Waals surface area contributed by atoms with Gasteiger partial charge in [0.15, 0.2) is 0 Å². The number of amides is 2. The lowest BCUT2D eigenvalue weighted by molar-refractivity contribution is -0.140. The van der Waals surface area contributed by atoms with E-state index in [2.05, 4.69) is 5.32 Å². The molecular weight excluding hydrogens is 395 g/mol. The van der Waals surface area contributed by atoms with Gasteiger partial charge in [0.25, 0.3) is 0 Å². The second kappa shape index (κ2) is 10.5. The van der Waals surface area contributed by atoms with E-state index in [1.165, 1.54) is 0 Å². The summed E-state index contributed by atoms with van der Waals surface area (Å²) in [5, 5.41) is 3.69. The van der Waals surface area contributed by atoms with Crippen LogP contribution in [0.2, 0.25) is 10.0 Å². The maximum atomic E-state index is 13.2. The van der Waals surface area contributed by atoms with Crippen molar-refractivity contribution < 1.29 is 9.59 Å². The fraction of sp³-hybridized carbons (Fsp3) is 0.364. The summed E-state index contributed by atoms with van der Waals surface area (Å²) in [7, 11) is 0. The van der Waals surface area contributed by atoms with Crippen molar-refractivity contribution in [2.45, 2.75) is 46.2 Å². The van der Waals surface area contributed by atoms with Gasteiger partial charge >= 0.3 is 0 Å². The van der Waals surface area contributed by atoms with E-state index in [-0.39, 0.29) is 18.2 Å². The van der Waals surface area contributed by atoms with Crippen molar-refractivity contribution in [1.82, 2.24) is 10.2 Å². The van der Waals surface area contributed by atoms with Crippen molar-refractivity contribution in [3.63, 3.8) is 0 Å². The first-order valence-electron chi connectivity index (χ1n) is 9.42. The largest absolute Gasteiger partial charge is 0.355 e. The Morgan fingerprint density at radius 3 is 2.21 bits per heavy atom. The Morgan fingerprint density at radius 1 is 1.00 bits per heavy atom. The second-order valence-electron chi connectivity index (χ2n) is 6.75. The number of carbonyl (C=O) groups excluding carboxylic acids is 2. The summed E-state index contributed by atoms with van der Waals surface area (Å²) in [4.78, 5) is 27.4. The molecule has 1 unspecified atom stereocenters. The number of benzene rings is 2. The van der Waals surface area contributed by atoms with E-state index in [0.29, 0.717) is 29.6 Å². The average molecular weight is 421 g/mol. The average Bonchev–Trinajstić information content (AvgIpc) is 2.66. The molecule has 0 radical (unpaired) electrons. The van der Waals surface area contributed by atoms with Crippen LogP contribution in [0.4, 0.5) is 0 Å². The van der Waals surface area contributed by atoms with Crippen LogP contribution < -0.4 is 5.32 Å². The fourth-order valence-electron chi connectivity index (χ4n) is 3.03. The molecule has 0 aliphatic heterocycles. The number of nitrogens with zero attached hydrogens (tertiary/aromatic N) is 1. The highest BCUT2D eigenvalue weighted by atomic mass is 35.5. The molecule has 0 aromatic heterocycles. The van der Waals surface area contributed by atoms with Gasteiger partial charge in [0, 0.05) is 13.1 Å². The molecule has 2 aromatic rings. The van der Waals surface area contributed by atoms with Crippen molar-refractivity contribution in [3.8, 4) is 0 Å². The van der Waals surface area contributed by atoms with E-state index in [9.17, 15) is 9.59 Å². The highest BCUT2D eigenvalue weighted by Gasteiger charge is 2.28. The molecule has 1 N–H and O–H groups in total. The van der Waals surface area contributed by atoms with Crippen molar-refractivity contribution >= 4 is 35.0 Å². The van der Waals surface area contributed by atoms with Crippen LogP contribution in [-0.4, -0.2) is 29.3 Å². The van der Waals surface area contributed by atoms with Gasteiger partial charge in [-0.05, 0) is 43.5 Å². The molecule has 0 spiro atoms. The molecule has 2 rings (SSSR count). The van der Waals surface area contributed by atoms with Crippen LogP contribution in [0.15, 0.2) is 42.5 Å². The van der Waals surface area contributed by atoms with Gasteiger partial charge in [0.2, 0.25) is 11.8 Å². The number of carbonyl (C=O) groups is 2. The van der Waals surface area contributed by atoms with E-state index < -0.39 is 6.04 Å². The SMILES string of the molecule is CCNC(=O)C(CC)N(Cc1ccc(C)cc1)C(=O)Cc1ccc(Cl)c(Cl)c1. The van der Waals surface area contributed by atoms with Crippen molar-refractivity contribution in [2.75, 3.05) is 6.54 Å². The molecular formula is C22H26Cl2N2O2. The topological polar surface area (TPSA) is 49.4 Å². The van der Waals surface area contributed by atoms with Crippen LogP contribution in [0, 0.1) is 6.92 Å². The minimum Gasteiger partial charge on any atom is -0.355 e. The predicted molar refractivity (Wildman–Crippen MR) is 115 cm³/mol. The standard InChI is InChI=1S/C22H26Cl2N2O2/c1-4-20(22(28)25-5-2)26(14-16-8-6-15(3)7-9-16)21(27)13-17-10-11-18(23)19(24)12-17/h6-12,20H,4-5,13-14H2,1-3H3,(H,25,28). The van der Waals surface area contributed by atoms with E-state index in [4.69, 9.17) is 23.2 Å². The zero-order chi connectivity index (χ0) is 20.7. The third-order valence-electron chi connectivity index (χ3n) is 4.55. The van der Waals surface area contributed by atoms with Crippen LogP contribution in [0.25, 0.3) is 0 Å². The molecule has 0 aliphatic rings. The summed E-state index contributed by atoms with van der Waals surface area (Å²) in [6.07, 6.45) is 0.684. The molecule has 0 saturated carbocycles. The van der Waals surface area contributed by atoms with Crippen LogP contribution in [0.3, 0.4) is 0 Å². The highest BCUT2D eigenvalue weighted by molar-refractivity contribution is 6.42. The van der Waals surface area contributed by atoms with Gasteiger partial charge in [0.05, 0.1) is 16.5 Å². The lowest BCUT2D eigenvalue weighted by Gasteiger charge is -2.30. The number of nitrogens with one attached hydrogen (secondary N) is 1. The summed E-state index contributed by atoms with van der Waals surface area (Å²) < 4.78 is 0. The Labute approximate surface area is 176 Å². The smallest absolute Gasteiger partial charge is 0.242 e. The first kappa shape index (κ1) is 22.3. The summed E-state index contributed by atoms with van der Waals surface area (Å²) in [5.74, 6) is -0.267. The Morgan fingerprint density at radius 2 is 1.64 bits per heavy atom. The number of rotatable bonds is 8. The molecule has 150 valence electrons. The normalized spacial score (nSPS) is 11.8. The fourth-order valence-corrected chi connectivity index (χ4v) is 3.35. The van der Waals surface area contributed by atoms with Crippen LogP contribution in [-0.2, 0) is 22.6 Å². The zero-order valence-corrected chi connectivity index (χ0v) is 18.0. The molecule has 0 saturated heterocycles. The summed E-state index contributed by atoms with van der Waals surface area (Å²) in [5.41, 5.74) is 2.89. The Bertz CT molecular complexity index is 822. The maximum absolute atomic E-state index is 13.2. The Kier molecular flexibility index (Phi) is 8.34. The van der Waals surface area contributed by atoms with Gasteiger partial charge < -0.3 is 10.2 Å². The minimum absolute atomic E-state index is 0.128. The van der Waals surface area contributed by atoms with E-state index in [1.54, 1.807) is 23.1 Å². The zero-order valence-electron chi connectivity index (χ0n) is 16.5. The molecule has 4 nitrogen and oxygen atoms in total. The number of aryl methyl sites for hydroxylation is 1. The van der Waals surface area contributed by atoms with Gasteiger partial charge in [-0.1, -0.05) is 66.0 Å². The monoisotopic (exact) mass is 420 g/mol. The third-order valence-corrected chi connectivity index (χ3v) is 5.29. The Balaban J connectivity index is 2.28. The van der Waals surface area contributed by atoms with Gasteiger partial charge in [0.1, 0.15) is 6.04 Å². The number of hydrogen-bond acceptors (Lipinski definition) is 2. The first-order chi connectivity index (χ1) is 13.3. The maximum Gasteiger partial charge on any atom is 0.242 e. The molecule has 0 fully saturated rings. The van der Waals surface area contributed by atoms with E-state index in [1.807, 2.05) is 45.0 Å². The molecule has 0 bridgehead atoms. The van der Waals surface area contributed by atoms with Crippen molar-refractivity contribution in [3.05, 3.63) is 69.2 Å². The predicted octanol–water partition coefficient (Wildman–Crippen LogP) is 4.79.